The van der Waals surface area contributed by atoms with Gasteiger partial charge in [-0.2, -0.15) is 0 Å². The van der Waals surface area contributed by atoms with Crippen LogP contribution in [0.4, 0.5) is 0 Å². The quantitative estimate of drug-likeness (QED) is 0.615. The Bertz CT molecular complexity index is 898. The fraction of sp³-hybridized carbons (Fsp3) is 0.222. The molecule has 1 atom stereocenters. The number of fused-ring (bicyclic) bond motifs is 1. The van der Waals surface area contributed by atoms with Crippen LogP contribution in [0, 0.1) is 0 Å². The molecule has 4 nitrogen and oxygen atoms in total. The number of hydrogen-bond acceptors (Lipinski definition) is 5. The van der Waals surface area contributed by atoms with Gasteiger partial charge in [-0.3, -0.25) is 4.79 Å². The van der Waals surface area contributed by atoms with Crippen LogP contribution in [0.5, 0.6) is 5.75 Å². The molecule has 0 radical (unpaired) electrons. The lowest BCUT2D eigenvalue weighted by Gasteiger charge is -2.12. The number of methoxy groups -OCH3 is 1. The van der Waals surface area contributed by atoms with Crippen LogP contribution in [0.1, 0.15) is 12.5 Å². The third kappa shape index (κ3) is 4.45. The number of nitrogens with one attached hydrogen (secondary N) is 1. The van der Waals surface area contributed by atoms with E-state index in [9.17, 15) is 4.79 Å². The molecule has 0 spiro atoms. The number of nitrogens with zero attached hydrogens (tertiary/aromatic N) is 1. The highest BCUT2D eigenvalue weighted by Gasteiger charge is 2.17. The first kappa shape index (κ1) is 18.0. The number of rotatable bonds is 6. The van der Waals surface area contributed by atoms with Gasteiger partial charge in [0.15, 0.2) is 4.34 Å². The summed E-state index contributed by atoms with van der Waals surface area (Å²) in [6.07, 6.45) is 0. The Morgan fingerprint density at radius 1 is 1.36 bits per heavy atom. The maximum atomic E-state index is 12.4. The van der Waals surface area contributed by atoms with Gasteiger partial charge in [-0.25, -0.2) is 4.98 Å². The Kier molecular flexibility index (Phi) is 5.83. The normalized spacial score (nSPS) is 12.1. The summed E-state index contributed by atoms with van der Waals surface area (Å²) in [5, 5.41) is 3.37. The van der Waals surface area contributed by atoms with E-state index in [4.69, 9.17) is 16.3 Å². The van der Waals surface area contributed by atoms with E-state index in [-0.39, 0.29) is 11.2 Å². The van der Waals surface area contributed by atoms with E-state index < -0.39 is 0 Å². The zero-order valence-corrected chi connectivity index (χ0v) is 16.2. The summed E-state index contributed by atoms with van der Waals surface area (Å²) in [7, 11) is 1.62. The van der Waals surface area contributed by atoms with Gasteiger partial charge in [0.2, 0.25) is 5.91 Å². The lowest BCUT2D eigenvalue weighted by molar-refractivity contribution is -0.120. The van der Waals surface area contributed by atoms with Crippen LogP contribution in [0.3, 0.4) is 0 Å². The number of hydrogen-bond donors (Lipinski definition) is 1. The van der Waals surface area contributed by atoms with Gasteiger partial charge < -0.3 is 10.1 Å². The van der Waals surface area contributed by atoms with Crippen molar-refractivity contribution in [3.8, 4) is 5.75 Å². The van der Waals surface area contributed by atoms with Crippen molar-refractivity contribution in [2.24, 2.45) is 0 Å². The standard InChI is InChI=1S/C18H17ClN2O2S2/c1-11(17(22)20-10-12-5-3-4-6-15(12)23-2)24-18-21-14-9-13(19)7-8-16(14)25-18/h3-9,11H,10H2,1-2H3,(H,20,22). The molecule has 0 aliphatic heterocycles. The predicted molar refractivity (Wildman–Crippen MR) is 105 cm³/mol. The van der Waals surface area contributed by atoms with E-state index in [1.807, 2.05) is 49.4 Å². The molecule has 0 saturated heterocycles. The van der Waals surface area contributed by atoms with Gasteiger partial charge in [0.1, 0.15) is 5.75 Å². The molecule has 0 saturated carbocycles. The van der Waals surface area contributed by atoms with E-state index in [1.165, 1.54) is 11.8 Å². The molecular formula is C18H17ClN2O2S2. The number of benzene rings is 2. The molecule has 0 fully saturated rings. The third-order valence-corrected chi connectivity index (χ3v) is 6.09. The Hall–Kier alpha value is -1.76. The van der Waals surface area contributed by atoms with Crippen molar-refractivity contribution in [1.82, 2.24) is 10.3 Å². The van der Waals surface area contributed by atoms with Crippen molar-refractivity contribution in [3.05, 3.63) is 53.1 Å². The molecule has 2 aromatic carbocycles. The minimum Gasteiger partial charge on any atom is -0.496 e. The summed E-state index contributed by atoms with van der Waals surface area (Å²) in [6, 6.07) is 13.3. The summed E-state index contributed by atoms with van der Waals surface area (Å²) >= 11 is 9.01. The minimum absolute atomic E-state index is 0.0341. The second-order valence-electron chi connectivity index (χ2n) is 5.38. The SMILES string of the molecule is COc1ccccc1CNC(=O)C(C)Sc1nc2cc(Cl)ccc2s1. The first-order valence-corrected chi connectivity index (χ1v) is 9.76. The van der Waals surface area contributed by atoms with Crippen molar-refractivity contribution in [2.75, 3.05) is 7.11 Å². The van der Waals surface area contributed by atoms with Gasteiger partial charge in [-0.05, 0) is 31.2 Å². The zero-order chi connectivity index (χ0) is 17.8. The lowest BCUT2D eigenvalue weighted by atomic mass is 10.2. The lowest BCUT2D eigenvalue weighted by Crippen LogP contribution is -2.30. The molecule has 0 bridgehead atoms. The maximum absolute atomic E-state index is 12.4. The second-order valence-corrected chi connectivity index (χ2v) is 8.44. The predicted octanol–water partition coefficient (Wildman–Crippen LogP) is 4.76. The smallest absolute Gasteiger partial charge is 0.233 e. The summed E-state index contributed by atoms with van der Waals surface area (Å²) in [6.45, 7) is 2.31. The maximum Gasteiger partial charge on any atom is 0.233 e. The number of halogens is 1. The average molecular weight is 393 g/mol. The van der Waals surface area contributed by atoms with Crippen LogP contribution < -0.4 is 10.1 Å². The van der Waals surface area contributed by atoms with Crippen molar-refractivity contribution in [1.29, 1.82) is 0 Å². The van der Waals surface area contributed by atoms with Crippen LogP contribution in [0.2, 0.25) is 5.02 Å². The molecule has 3 aromatic rings. The van der Waals surface area contributed by atoms with Gasteiger partial charge in [-0.15, -0.1) is 11.3 Å². The number of para-hydroxylation sites is 1. The van der Waals surface area contributed by atoms with Crippen LogP contribution in [-0.4, -0.2) is 23.3 Å². The third-order valence-electron chi connectivity index (χ3n) is 3.62. The highest BCUT2D eigenvalue weighted by Crippen LogP contribution is 2.33. The summed E-state index contributed by atoms with van der Waals surface area (Å²) in [5.74, 6) is 0.736. The molecule has 1 N–H and O–H groups in total. The highest BCUT2D eigenvalue weighted by atomic mass is 35.5. The number of carbonyl (C=O) groups excluding carboxylic acids is 1. The van der Waals surface area contributed by atoms with Gasteiger partial charge in [-0.1, -0.05) is 41.6 Å². The van der Waals surface area contributed by atoms with Gasteiger partial charge >= 0.3 is 0 Å². The largest absolute Gasteiger partial charge is 0.496 e. The summed E-state index contributed by atoms with van der Waals surface area (Å²) in [4.78, 5) is 16.9. The fourth-order valence-electron chi connectivity index (χ4n) is 2.31. The van der Waals surface area contributed by atoms with Gasteiger partial charge in [0.25, 0.3) is 0 Å². The molecule has 1 heterocycles. The van der Waals surface area contributed by atoms with Gasteiger partial charge in [0, 0.05) is 17.1 Å². The minimum atomic E-state index is -0.245. The molecular weight excluding hydrogens is 376 g/mol. The monoisotopic (exact) mass is 392 g/mol. The topological polar surface area (TPSA) is 51.2 Å². The number of thiazole rings is 1. The van der Waals surface area contributed by atoms with E-state index in [2.05, 4.69) is 10.3 Å². The number of aromatic nitrogens is 1. The Balaban J connectivity index is 1.61. The number of amides is 1. The second kappa shape index (κ2) is 8.08. The summed E-state index contributed by atoms with van der Waals surface area (Å²) < 4.78 is 7.22. The van der Waals surface area contributed by atoms with E-state index in [1.54, 1.807) is 18.4 Å². The Morgan fingerprint density at radius 3 is 2.96 bits per heavy atom. The van der Waals surface area contributed by atoms with E-state index in [0.29, 0.717) is 11.6 Å². The van der Waals surface area contributed by atoms with Crippen LogP contribution in [0.25, 0.3) is 10.2 Å². The molecule has 0 aliphatic rings. The Morgan fingerprint density at radius 2 is 2.16 bits per heavy atom. The fourth-order valence-corrected chi connectivity index (χ4v) is 4.69. The van der Waals surface area contributed by atoms with Crippen LogP contribution in [0.15, 0.2) is 46.8 Å². The average Bonchev–Trinajstić information content (AvgIpc) is 3.01. The van der Waals surface area contributed by atoms with Crippen molar-refractivity contribution >= 4 is 50.8 Å². The molecule has 3 rings (SSSR count). The van der Waals surface area contributed by atoms with Crippen LogP contribution in [-0.2, 0) is 11.3 Å². The van der Waals surface area contributed by atoms with Crippen molar-refractivity contribution < 1.29 is 9.53 Å². The molecule has 130 valence electrons. The summed E-state index contributed by atoms with van der Waals surface area (Å²) in [5.41, 5.74) is 1.81. The zero-order valence-electron chi connectivity index (χ0n) is 13.8. The number of thioether (sulfide) groups is 1. The molecule has 25 heavy (non-hydrogen) atoms. The van der Waals surface area contributed by atoms with Crippen LogP contribution >= 0.6 is 34.7 Å². The van der Waals surface area contributed by atoms with Crippen molar-refractivity contribution in [2.45, 2.75) is 23.1 Å². The number of carbonyl (C=O) groups is 1. The van der Waals surface area contributed by atoms with E-state index in [0.717, 1.165) is 25.9 Å². The number of ether oxygens (including phenoxy) is 1. The molecule has 0 aliphatic carbocycles. The highest BCUT2D eigenvalue weighted by molar-refractivity contribution is 8.02. The molecule has 1 amide bonds. The van der Waals surface area contributed by atoms with Crippen molar-refractivity contribution in [3.63, 3.8) is 0 Å². The molecule has 7 heteroatoms. The first-order valence-electron chi connectivity index (χ1n) is 7.69. The first-order chi connectivity index (χ1) is 12.1. The Labute approximate surface area is 159 Å². The molecule has 1 aromatic heterocycles. The molecule has 1 unspecified atom stereocenters. The van der Waals surface area contributed by atoms with E-state index >= 15 is 0 Å². The van der Waals surface area contributed by atoms with Gasteiger partial charge in [0.05, 0.1) is 22.6 Å².